The van der Waals surface area contributed by atoms with Crippen molar-refractivity contribution in [1.29, 1.82) is 0 Å². The fourth-order valence-corrected chi connectivity index (χ4v) is 0.658. The van der Waals surface area contributed by atoms with Crippen LogP contribution in [0.4, 0.5) is 4.79 Å². The highest BCUT2D eigenvalue weighted by molar-refractivity contribution is 5.79. The third kappa shape index (κ3) is 4.11. The summed E-state index contributed by atoms with van der Waals surface area (Å²) < 4.78 is 4.99. The number of ether oxygens (including phenoxy) is 1. The molecule has 1 N–H and O–H groups in total. The van der Waals surface area contributed by atoms with Crippen molar-refractivity contribution in [1.82, 2.24) is 4.90 Å². The Balaban J connectivity index is 4.33. The average Bonchev–Trinajstić information content (AvgIpc) is 1.98. The van der Waals surface area contributed by atoms with Crippen molar-refractivity contribution in [2.75, 3.05) is 7.05 Å². The number of hydrogen-bond donors (Lipinski definition) is 1. The molecule has 0 aliphatic carbocycles. The zero-order valence-corrected chi connectivity index (χ0v) is 9.20. The van der Waals surface area contributed by atoms with Crippen LogP contribution in [0.5, 0.6) is 0 Å². The van der Waals surface area contributed by atoms with Gasteiger partial charge >= 0.3 is 12.1 Å². The summed E-state index contributed by atoms with van der Waals surface area (Å²) in [4.78, 5) is 23.0. The van der Waals surface area contributed by atoms with E-state index < -0.39 is 23.7 Å². The lowest BCUT2D eigenvalue weighted by molar-refractivity contribution is -0.141. The van der Waals surface area contributed by atoms with Gasteiger partial charge in [-0.3, -0.25) is 4.90 Å². The minimum Gasteiger partial charge on any atom is -0.480 e. The molecule has 0 heterocycles. The number of aliphatic carboxylic acids is 1. The molecular weight excluding hydrogens is 186 g/mol. The van der Waals surface area contributed by atoms with E-state index in [1.165, 1.54) is 14.0 Å². The first-order valence-electron chi connectivity index (χ1n) is 4.34. The van der Waals surface area contributed by atoms with Crippen molar-refractivity contribution in [2.45, 2.75) is 39.3 Å². The predicted molar refractivity (Wildman–Crippen MR) is 51.1 cm³/mol. The SMILES string of the molecule is C[C@H](C(=O)O)N(C)C(=O)OC(C)(C)C. The minimum atomic E-state index is -1.06. The molecule has 1 atom stereocenters. The number of carbonyl (C=O) groups is 2. The average molecular weight is 203 g/mol. The Morgan fingerprint density at radius 2 is 1.79 bits per heavy atom. The smallest absolute Gasteiger partial charge is 0.410 e. The number of rotatable bonds is 2. The lowest BCUT2D eigenvalue weighted by atomic mass is 10.2. The lowest BCUT2D eigenvalue weighted by Crippen LogP contribution is -2.43. The number of nitrogens with zero attached hydrogens (tertiary/aromatic N) is 1. The van der Waals surface area contributed by atoms with Crippen LogP contribution in [0.2, 0.25) is 0 Å². The number of carbonyl (C=O) groups excluding carboxylic acids is 1. The molecule has 0 unspecified atom stereocenters. The van der Waals surface area contributed by atoms with E-state index in [4.69, 9.17) is 9.84 Å². The van der Waals surface area contributed by atoms with E-state index in [0.717, 1.165) is 4.90 Å². The van der Waals surface area contributed by atoms with Gasteiger partial charge in [-0.1, -0.05) is 0 Å². The molecule has 0 radical (unpaired) electrons. The molecule has 1 amide bonds. The standard InChI is InChI=1S/C9H17NO4/c1-6(7(11)12)10(5)8(13)14-9(2,3)4/h6H,1-5H3,(H,11,12)/t6-/m1/s1. The van der Waals surface area contributed by atoms with Gasteiger partial charge in [0.15, 0.2) is 0 Å². The molecule has 0 aromatic heterocycles. The molecular formula is C9H17NO4. The van der Waals surface area contributed by atoms with E-state index in [2.05, 4.69) is 0 Å². The first kappa shape index (κ1) is 12.7. The summed E-state index contributed by atoms with van der Waals surface area (Å²) in [5, 5.41) is 8.65. The number of amides is 1. The second-order valence-electron chi connectivity index (χ2n) is 4.11. The number of likely N-dealkylation sites (N-methyl/N-ethyl adjacent to an activating group) is 1. The minimum absolute atomic E-state index is 0.608. The summed E-state index contributed by atoms with van der Waals surface area (Å²) in [7, 11) is 1.40. The molecule has 0 bridgehead atoms. The third-order valence-electron chi connectivity index (χ3n) is 1.62. The van der Waals surface area contributed by atoms with Crippen LogP contribution in [0, 0.1) is 0 Å². The monoisotopic (exact) mass is 203 g/mol. The fourth-order valence-electron chi connectivity index (χ4n) is 0.658. The molecule has 0 saturated heterocycles. The lowest BCUT2D eigenvalue weighted by Gasteiger charge is -2.26. The highest BCUT2D eigenvalue weighted by atomic mass is 16.6. The molecule has 0 fully saturated rings. The van der Waals surface area contributed by atoms with E-state index in [1.807, 2.05) is 0 Å². The maximum Gasteiger partial charge on any atom is 0.410 e. The van der Waals surface area contributed by atoms with Crippen molar-refractivity contribution in [2.24, 2.45) is 0 Å². The van der Waals surface area contributed by atoms with Crippen molar-refractivity contribution in [3.63, 3.8) is 0 Å². The molecule has 0 aromatic rings. The first-order chi connectivity index (χ1) is 6.15. The first-order valence-corrected chi connectivity index (χ1v) is 4.34. The topological polar surface area (TPSA) is 66.8 Å². The number of carboxylic acids is 1. The molecule has 0 rings (SSSR count). The van der Waals surface area contributed by atoms with Crippen LogP contribution in [0.15, 0.2) is 0 Å². The zero-order chi connectivity index (χ0) is 11.5. The van der Waals surface area contributed by atoms with Gasteiger partial charge < -0.3 is 9.84 Å². The van der Waals surface area contributed by atoms with Gasteiger partial charge in [0.25, 0.3) is 0 Å². The van der Waals surface area contributed by atoms with Crippen LogP contribution in [0.1, 0.15) is 27.7 Å². The fraction of sp³-hybridized carbons (Fsp3) is 0.778. The third-order valence-corrected chi connectivity index (χ3v) is 1.62. The van der Waals surface area contributed by atoms with E-state index in [1.54, 1.807) is 20.8 Å². The van der Waals surface area contributed by atoms with Gasteiger partial charge in [-0.25, -0.2) is 9.59 Å². The summed E-state index contributed by atoms with van der Waals surface area (Å²) in [6.07, 6.45) is -0.632. The maximum atomic E-state index is 11.3. The maximum absolute atomic E-state index is 11.3. The molecule has 14 heavy (non-hydrogen) atoms. The highest BCUT2D eigenvalue weighted by Crippen LogP contribution is 2.10. The molecule has 82 valence electrons. The van der Waals surface area contributed by atoms with Crippen LogP contribution in [-0.4, -0.2) is 40.8 Å². The Morgan fingerprint density at radius 1 is 1.36 bits per heavy atom. The van der Waals surface area contributed by atoms with E-state index >= 15 is 0 Å². The van der Waals surface area contributed by atoms with Crippen molar-refractivity contribution in [3.05, 3.63) is 0 Å². The van der Waals surface area contributed by atoms with Crippen LogP contribution < -0.4 is 0 Å². The Bertz CT molecular complexity index is 231. The Morgan fingerprint density at radius 3 is 2.07 bits per heavy atom. The molecule has 0 aliphatic heterocycles. The quantitative estimate of drug-likeness (QED) is 0.735. The van der Waals surface area contributed by atoms with Crippen LogP contribution >= 0.6 is 0 Å². The molecule has 5 nitrogen and oxygen atoms in total. The molecule has 0 aliphatic rings. The summed E-state index contributed by atoms with van der Waals surface area (Å²) in [5.74, 6) is -1.06. The van der Waals surface area contributed by atoms with Crippen LogP contribution in [-0.2, 0) is 9.53 Å². The summed E-state index contributed by atoms with van der Waals surface area (Å²) in [6, 6.07) is -0.884. The van der Waals surface area contributed by atoms with Gasteiger partial charge in [-0.15, -0.1) is 0 Å². The van der Waals surface area contributed by atoms with Crippen LogP contribution in [0.3, 0.4) is 0 Å². The summed E-state index contributed by atoms with van der Waals surface area (Å²) in [5.41, 5.74) is -0.608. The normalized spacial score (nSPS) is 13.2. The van der Waals surface area contributed by atoms with Gasteiger partial charge in [0.2, 0.25) is 0 Å². The Kier molecular flexibility index (Phi) is 3.92. The molecule has 0 saturated carbocycles. The van der Waals surface area contributed by atoms with Crippen LogP contribution in [0.25, 0.3) is 0 Å². The van der Waals surface area contributed by atoms with Crippen molar-refractivity contribution < 1.29 is 19.4 Å². The Labute approximate surface area is 83.6 Å². The van der Waals surface area contributed by atoms with Gasteiger partial charge in [0.05, 0.1) is 0 Å². The number of hydrogen-bond acceptors (Lipinski definition) is 3. The summed E-state index contributed by atoms with van der Waals surface area (Å²) >= 11 is 0. The van der Waals surface area contributed by atoms with Crippen molar-refractivity contribution in [3.8, 4) is 0 Å². The largest absolute Gasteiger partial charge is 0.480 e. The second kappa shape index (κ2) is 4.30. The molecule has 0 spiro atoms. The Hall–Kier alpha value is -1.26. The van der Waals surface area contributed by atoms with E-state index in [0.29, 0.717) is 0 Å². The van der Waals surface area contributed by atoms with E-state index in [-0.39, 0.29) is 0 Å². The zero-order valence-electron chi connectivity index (χ0n) is 9.20. The predicted octanol–water partition coefficient (Wildman–Crippen LogP) is 1.33. The molecule has 0 aromatic carbocycles. The van der Waals surface area contributed by atoms with Gasteiger partial charge in [-0.05, 0) is 27.7 Å². The van der Waals surface area contributed by atoms with Crippen molar-refractivity contribution >= 4 is 12.1 Å². The number of carboxylic acid groups (broad SMARTS) is 1. The van der Waals surface area contributed by atoms with Gasteiger partial charge in [-0.2, -0.15) is 0 Å². The van der Waals surface area contributed by atoms with Gasteiger partial charge in [0, 0.05) is 7.05 Å². The second-order valence-corrected chi connectivity index (χ2v) is 4.11. The van der Waals surface area contributed by atoms with Gasteiger partial charge in [0.1, 0.15) is 11.6 Å². The highest BCUT2D eigenvalue weighted by Gasteiger charge is 2.26. The summed E-state index contributed by atoms with van der Waals surface area (Å²) in [6.45, 7) is 6.60. The molecule has 5 heteroatoms. The van der Waals surface area contributed by atoms with E-state index in [9.17, 15) is 9.59 Å².